The summed E-state index contributed by atoms with van der Waals surface area (Å²) in [5, 5.41) is 3.84. The lowest BCUT2D eigenvalue weighted by atomic mass is 10.1. The normalized spacial score (nSPS) is 10.9. The van der Waals surface area contributed by atoms with E-state index in [0.717, 1.165) is 16.5 Å². The average molecular weight is 312 g/mol. The van der Waals surface area contributed by atoms with Crippen molar-refractivity contribution < 1.29 is 13.9 Å². The number of nitrogens with one attached hydrogen (secondary N) is 2. The van der Waals surface area contributed by atoms with Gasteiger partial charge in [-0.15, -0.1) is 0 Å². The Bertz CT molecular complexity index is 842. The van der Waals surface area contributed by atoms with Gasteiger partial charge < -0.3 is 15.0 Å². The van der Waals surface area contributed by atoms with Gasteiger partial charge in [-0.25, -0.2) is 4.39 Å². The van der Waals surface area contributed by atoms with Crippen molar-refractivity contribution in [1.29, 1.82) is 0 Å². The minimum absolute atomic E-state index is 0.161. The molecule has 0 fully saturated rings. The van der Waals surface area contributed by atoms with E-state index in [-0.39, 0.29) is 18.3 Å². The first-order valence-electron chi connectivity index (χ1n) is 7.29. The molecule has 0 bridgehead atoms. The number of carbonyl (C=O) groups is 1. The molecule has 0 saturated carbocycles. The second-order valence-electron chi connectivity index (χ2n) is 5.32. The molecular formula is C18H17FN2O2. The lowest BCUT2D eigenvalue weighted by Gasteiger charge is -2.08. The highest BCUT2D eigenvalue weighted by atomic mass is 19.1. The predicted molar refractivity (Wildman–Crippen MR) is 86.6 cm³/mol. The van der Waals surface area contributed by atoms with E-state index in [1.165, 1.54) is 13.2 Å². The van der Waals surface area contributed by atoms with Crippen LogP contribution in [0.3, 0.4) is 0 Å². The number of methoxy groups -OCH3 is 1. The van der Waals surface area contributed by atoms with Crippen LogP contribution < -0.4 is 5.32 Å². The molecule has 23 heavy (non-hydrogen) atoms. The number of fused-ring (bicyclic) bond motifs is 1. The van der Waals surface area contributed by atoms with E-state index >= 15 is 0 Å². The summed E-state index contributed by atoms with van der Waals surface area (Å²) in [5.41, 5.74) is 2.89. The fourth-order valence-corrected chi connectivity index (χ4v) is 2.48. The third-order valence-electron chi connectivity index (χ3n) is 3.68. The molecule has 4 nitrogen and oxygen atoms in total. The van der Waals surface area contributed by atoms with Crippen molar-refractivity contribution in [3.63, 3.8) is 0 Å². The fraction of sp³-hybridized carbons (Fsp3) is 0.167. The van der Waals surface area contributed by atoms with Crippen LogP contribution >= 0.6 is 0 Å². The van der Waals surface area contributed by atoms with Gasteiger partial charge in [0, 0.05) is 41.9 Å². The van der Waals surface area contributed by atoms with E-state index < -0.39 is 0 Å². The van der Waals surface area contributed by atoms with Crippen LogP contribution in [0.1, 0.15) is 21.5 Å². The van der Waals surface area contributed by atoms with Gasteiger partial charge in [0.2, 0.25) is 0 Å². The topological polar surface area (TPSA) is 54.1 Å². The molecule has 0 aliphatic carbocycles. The van der Waals surface area contributed by atoms with Crippen molar-refractivity contribution in [3.05, 3.63) is 71.2 Å². The maximum absolute atomic E-state index is 13.6. The number of aromatic amines is 1. The van der Waals surface area contributed by atoms with Gasteiger partial charge in [-0.05, 0) is 42.0 Å². The number of hydrogen-bond donors (Lipinski definition) is 2. The highest BCUT2D eigenvalue weighted by molar-refractivity contribution is 5.98. The van der Waals surface area contributed by atoms with Crippen LogP contribution in [0.15, 0.2) is 48.7 Å². The summed E-state index contributed by atoms with van der Waals surface area (Å²) >= 11 is 0. The molecule has 0 atom stereocenters. The highest BCUT2D eigenvalue weighted by Crippen LogP contribution is 2.15. The number of ether oxygens (including phenoxy) is 1. The van der Waals surface area contributed by atoms with E-state index in [0.29, 0.717) is 17.7 Å². The molecule has 5 heteroatoms. The second kappa shape index (κ2) is 6.62. The number of amides is 1. The van der Waals surface area contributed by atoms with Gasteiger partial charge in [0.05, 0.1) is 6.61 Å². The maximum atomic E-state index is 13.6. The van der Waals surface area contributed by atoms with Gasteiger partial charge >= 0.3 is 0 Å². The van der Waals surface area contributed by atoms with E-state index in [9.17, 15) is 9.18 Å². The second-order valence-corrected chi connectivity index (χ2v) is 5.32. The molecule has 118 valence electrons. The third kappa shape index (κ3) is 3.40. The quantitative estimate of drug-likeness (QED) is 0.759. The number of aromatic nitrogens is 1. The van der Waals surface area contributed by atoms with E-state index in [2.05, 4.69) is 10.3 Å². The zero-order valence-corrected chi connectivity index (χ0v) is 12.7. The minimum atomic E-state index is -0.306. The van der Waals surface area contributed by atoms with Crippen molar-refractivity contribution in [1.82, 2.24) is 10.3 Å². The van der Waals surface area contributed by atoms with E-state index in [4.69, 9.17) is 4.74 Å². The van der Waals surface area contributed by atoms with Gasteiger partial charge in [0.25, 0.3) is 5.91 Å². The van der Waals surface area contributed by atoms with Gasteiger partial charge in [-0.3, -0.25) is 4.79 Å². The first kappa shape index (κ1) is 15.2. The Hall–Kier alpha value is -2.66. The summed E-state index contributed by atoms with van der Waals surface area (Å²) in [5.74, 6) is -0.467. The summed E-state index contributed by atoms with van der Waals surface area (Å²) in [6.07, 6.45) is 1.84. The van der Waals surface area contributed by atoms with Crippen molar-refractivity contribution in [2.75, 3.05) is 7.11 Å². The van der Waals surface area contributed by atoms with Crippen molar-refractivity contribution >= 4 is 16.8 Å². The van der Waals surface area contributed by atoms with Gasteiger partial charge in [-0.1, -0.05) is 6.07 Å². The summed E-state index contributed by atoms with van der Waals surface area (Å²) in [6.45, 7) is 0.540. The SMILES string of the molecule is COCc1cc(CNC(=O)c2ccc3[nH]ccc3c2)ccc1F. The molecule has 2 N–H and O–H groups in total. The zero-order valence-electron chi connectivity index (χ0n) is 12.7. The molecule has 1 heterocycles. The molecule has 0 aliphatic rings. The zero-order chi connectivity index (χ0) is 16.2. The van der Waals surface area contributed by atoms with Crippen LogP contribution in [0.5, 0.6) is 0 Å². The monoisotopic (exact) mass is 312 g/mol. The van der Waals surface area contributed by atoms with Gasteiger partial charge in [0.1, 0.15) is 5.82 Å². The first-order chi connectivity index (χ1) is 11.2. The Balaban J connectivity index is 1.69. The van der Waals surface area contributed by atoms with Crippen molar-refractivity contribution in [2.45, 2.75) is 13.2 Å². The standard InChI is InChI=1S/C18H17FN2O2/c1-23-11-15-8-12(2-4-16(15)19)10-21-18(22)14-3-5-17-13(9-14)6-7-20-17/h2-9,20H,10-11H2,1H3,(H,21,22). The van der Waals surface area contributed by atoms with Crippen LogP contribution in [0.2, 0.25) is 0 Å². The molecule has 3 aromatic rings. The third-order valence-corrected chi connectivity index (χ3v) is 3.68. The Labute approximate surface area is 133 Å². The number of hydrogen-bond acceptors (Lipinski definition) is 2. The molecule has 0 aliphatic heterocycles. The van der Waals surface area contributed by atoms with Crippen LogP contribution in [-0.2, 0) is 17.9 Å². The minimum Gasteiger partial charge on any atom is -0.380 e. The number of carbonyl (C=O) groups excluding carboxylic acids is 1. The number of benzene rings is 2. The lowest BCUT2D eigenvalue weighted by Crippen LogP contribution is -2.22. The van der Waals surface area contributed by atoms with Gasteiger partial charge in [0.15, 0.2) is 0 Å². The Morgan fingerprint density at radius 3 is 2.91 bits per heavy atom. The smallest absolute Gasteiger partial charge is 0.251 e. The summed E-state index contributed by atoms with van der Waals surface area (Å²) in [7, 11) is 1.52. The van der Waals surface area contributed by atoms with Crippen LogP contribution in [-0.4, -0.2) is 18.0 Å². The van der Waals surface area contributed by atoms with E-state index in [1.54, 1.807) is 18.2 Å². The predicted octanol–water partition coefficient (Wildman–Crippen LogP) is 3.38. The van der Waals surface area contributed by atoms with Crippen LogP contribution in [0, 0.1) is 5.82 Å². The Kier molecular flexibility index (Phi) is 4.39. The largest absolute Gasteiger partial charge is 0.380 e. The molecule has 2 aromatic carbocycles. The Morgan fingerprint density at radius 1 is 1.22 bits per heavy atom. The van der Waals surface area contributed by atoms with Crippen molar-refractivity contribution in [2.24, 2.45) is 0 Å². The summed E-state index contributed by atoms with van der Waals surface area (Å²) < 4.78 is 18.5. The molecule has 1 amide bonds. The summed E-state index contributed by atoms with van der Waals surface area (Å²) in [4.78, 5) is 15.3. The molecular weight excluding hydrogens is 295 g/mol. The first-order valence-corrected chi connectivity index (χ1v) is 7.29. The number of halogens is 1. The Morgan fingerprint density at radius 2 is 2.09 bits per heavy atom. The molecule has 3 rings (SSSR count). The van der Waals surface area contributed by atoms with Gasteiger partial charge in [-0.2, -0.15) is 0 Å². The molecule has 0 spiro atoms. The molecule has 0 unspecified atom stereocenters. The molecule has 0 saturated heterocycles. The van der Waals surface area contributed by atoms with E-state index in [1.807, 2.05) is 24.4 Å². The fourth-order valence-electron chi connectivity index (χ4n) is 2.48. The number of H-pyrrole nitrogens is 1. The van der Waals surface area contributed by atoms with Crippen molar-refractivity contribution in [3.8, 4) is 0 Å². The van der Waals surface area contributed by atoms with Crippen LogP contribution in [0.25, 0.3) is 10.9 Å². The molecule has 0 radical (unpaired) electrons. The maximum Gasteiger partial charge on any atom is 0.251 e. The van der Waals surface area contributed by atoms with Crippen LogP contribution in [0.4, 0.5) is 4.39 Å². The average Bonchev–Trinajstić information content (AvgIpc) is 3.03. The lowest BCUT2D eigenvalue weighted by molar-refractivity contribution is 0.0951. The number of rotatable bonds is 5. The highest BCUT2D eigenvalue weighted by Gasteiger charge is 2.08. The molecule has 1 aromatic heterocycles. The summed E-state index contributed by atoms with van der Waals surface area (Å²) in [6, 6.07) is 12.2.